The molecular formula is C15H28N2O. The van der Waals surface area contributed by atoms with Crippen LogP contribution in [-0.2, 0) is 0 Å². The summed E-state index contributed by atoms with van der Waals surface area (Å²) in [5.74, 6) is 0. The number of carbonyl (C=O) groups is 1. The number of carbonyl (C=O) groups excluding carboxylic acids is 1. The Morgan fingerprint density at radius 1 is 1.11 bits per heavy atom. The van der Waals surface area contributed by atoms with Crippen LogP contribution in [0.15, 0.2) is 23.3 Å². The van der Waals surface area contributed by atoms with Gasteiger partial charge in [-0.05, 0) is 54.4 Å². The molecule has 0 spiro atoms. The Morgan fingerprint density at radius 3 is 2.22 bits per heavy atom. The average molecular weight is 252 g/mol. The van der Waals surface area contributed by atoms with E-state index >= 15 is 0 Å². The first-order valence-corrected chi connectivity index (χ1v) is 6.56. The highest BCUT2D eigenvalue weighted by molar-refractivity contribution is 5.74. The van der Waals surface area contributed by atoms with Crippen LogP contribution in [0.3, 0.4) is 0 Å². The van der Waals surface area contributed by atoms with Gasteiger partial charge in [-0.15, -0.1) is 0 Å². The molecule has 0 bridgehead atoms. The second kappa shape index (κ2) is 7.96. The van der Waals surface area contributed by atoms with E-state index in [9.17, 15) is 4.79 Å². The number of nitrogens with one attached hydrogen (secondary N) is 2. The second-order valence-corrected chi connectivity index (χ2v) is 5.96. The van der Waals surface area contributed by atoms with Gasteiger partial charge in [0.05, 0.1) is 0 Å². The summed E-state index contributed by atoms with van der Waals surface area (Å²) in [4.78, 5) is 11.5. The van der Waals surface area contributed by atoms with Crippen molar-refractivity contribution < 1.29 is 4.79 Å². The summed E-state index contributed by atoms with van der Waals surface area (Å²) < 4.78 is 0. The Morgan fingerprint density at radius 2 is 1.72 bits per heavy atom. The van der Waals surface area contributed by atoms with Crippen molar-refractivity contribution >= 4 is 6.03 Å². The summed E-state index contributed by atoms with van der Waals surface area (Å²) in [6.45, 7) is 12.8. The summed E-state index contributed by atoms with van der Waals surface area (Å²) in [5, 5.41) is 5.69. The molecule has 18 heavy (non-hydrogen) atoms. The molecule has 0 rings (SSSR count). The van der Waals surface area contributed by atoms with E-state index in [0.29, 0.717) is 6.54 Å². The normalized spacial score (nSPS) is 12.0. The van der Waals surface area contributed by atoms with E-state index in [1.807, 2.05) is 20.8 Å². The maximum absolute atomic E-state index is 11.5. The molecule has 0 unspecified atom stereocenters. The first kappa shape index (κ1) is 16.8. The fraction of sp³-hybridized carbons (Fsp3) is 0.667. The summed E-state index contributed by atoms with van der Waals surface area (Å²) in [6.07, 6.45) is 6.42. The van der Waals surface area contributed by atoms with E-state index in [2.05, 4.69) is 43.6 Å². The van der Waals surface area contributed by atoms with Gasteiger partial charge in [-0.3, -0.25) is 0 Å². The molecule has 2 amide bonds. The van der Waals surface area contributed by atoms with Gasteiger partial charge in [0.15, 0.2) is 0 Å². The lowest BCUT2D eigenvalue weighted by atomic mass is 10.1. The maximum atomic E-state index is 11.5. The Kier molecular flexibility index (Phi) is 7.41. The van der Waals surface area contributed by atoms with Gasteiger partial charge < -0.3 is 10.6 Å². The minimum atomic E-state index is -0.188. The van der Waals surface area contributed by atoms with Crippen LogP contribution < -0.4 is 10.6 Å². The first-order valence-electron chi connectivity index (χ1n) is 6.56. The number of urea groups is 1. The van der Waals surface area contributed by atoms with Gasteiger partial charge in [-0.2, -0.15) is 0 Å². The smallest absolute Gasteiger partial charge is 0.315 e. The van der Waals surface area contributed by atoms with Crippen molar-refractivity contribution in [3.05, 3.63) is 23.3 Å². The third kappa shape index (κ3) is 11.2. The molecule has 0 aromatic rings. The van der Waals surface area contributed by atoms with E-state index < -0.39 is 0 Å². The van der Waals surface area contributed by atoms with Gasteiger partial charge in [0.25, 0.3) is 0 Å². The van der Waals surface area contributed by atoms with Crippen molar-refractivity contribution in [1.29, 1.82) is 0 Å². The van der Waals surface area contributed by atoms with Crippen molar-refractivity contribution in [3.8, 4) is 0 Å². The molecular weight excluding hydrogens is 224 g/mol. The van der Waals surface area contributed by atoms with Crippen molar-refractivity contribution in [2.24, 2.45) is 0 Å². The Hall–Kier alpha value is -1.25. The number of allylic oxidation sites excluding steroid dienone is 3. The summed E-state index contributed by atoms with van der Waals surface area (Å²) in [6, 6.07) is -0.115. The van der Waals surface area contributed by atoms with E-state index in [4.69, 9.17) is 0 Å². The molecule has 0 aliphatic heterocycles. The molecule has 0 saturated carbocycles. The largest absolute Gasteiger partial charge is 0.335 e. The van der Waals surface area contributed by atoms with Gasteiger partial charge in [0.2, 0.25) is 0 Å². The molecule has 0 atom stereocenters. The predicted octanol–water partition coefficient (Wildman–Crippen LogP) is 3.78. The van der Waals surface area contributed by atoms with Gasteiger partial charge in [0.1, 0.15) is 0 Å². The molecule has 3 heteroatoms. The third-order valence-corrected chi connectivity index (χ3v) is 2.29. The maximum Gasteiger partial charge on any atom is 0.315 e. The van der Waals surface area contributed by atoms with Crippen LogP contribution in [0.5, 0.6) is 0 Å². The van der Waals surface area contributed by atoms with Crippen molar-refractivity contribution in [3.63, 3.8) is 0 Å². The van der Waals surface area contributed by atoms with Crippen LogP contribution in [0, 0.1) is 0 Å². The topological polar surface area (TPSA) is 41.1 Å². The molecule has 3 nitrogen and oxygen atoms in total. The minimum absolute atomic E-state index is 0.115. The Balaban J connectivity index is 3.87. The monoisotopic (exact) mass is 252 g/mol. The molecule has 104 valence electrons. The summed E-state index contributed by atoms with van der Waals surface area (Å²) >= 11 is 0. The standard InChI is InChI=1S/C15H28N2O/c1-12(2)8-7-9-13(3)10-11-16-14(18)17-15(4,5)6/h8,10H,7,9,11H2,1-6H3,(H2,16,17,18)/b13-10+. The van der Waals surface area contributed by atoms with Crippen LogP contribution in [-0.4, -0.2) is 18.1 Å². The highest BCUT2D eigenvalue weighted by Gasteiger charge is 2.12. The highest BCUT2D eigenvalue weighted by Crippen LogP contribution is 2.05. The lowest BCUT2D eigenvalue weighted by molar-refractivity contribution is 0.233. The van der Waals surface area contributed by atoms with Crippen LogP contribution in [0.2, 0.25) is 0 Å². The lowest BCUT2D eigenvalue weighted by Crippen LogP contribution is -2.46. The lowest BCUT2D eigenvalue weighted by Gasteiger charge is -2.20. The number of rotatable bonds is 5. The third-order valence-electron chi connectivity index (χ3n) is 2.29. The van der Waals surface area contributed by atoms with Crippen molar-refractivity contribution in [2.75, 3.05) is 6.54 Å². The number of hydrogen-bond donors (Lipinski definition) is 2. The Labute approximate surface area is 112 Å². The molecule has 0 radical (unpaired) electrons. The molecule has 0 aliphatic rings. The molecule has 0 aromatic heterocycles. The molecule has 0 aliphatic carbocycles. The molecule has 0 fully saturated rings. The molecule has 2 N–H and O–H groups in total. The second-order valence-electron chi connectivity index (χ2n) is 5.96. The molecule has 0 heterocycles. The van der Waals surface area contributed by atoms with Crippen LogP contribution in [0.25, 0.3) is 0 Å². The van der Waals surface area contributed by atoms with Gasteiger partial charge in [-0.1, -0.05) is 23.3 Å². The van der Waals surface area contributed by atoms with Crippen LogP contribution in [0.4, 0.5) is 4.79 Å². The number of amides is 2. The van der Waals surface area contributed by atoms with Crippen molar-refractivity contribution in [1.82, 2.24) is 10.6 Å². The minimum Gasteiger partial charge on any atom is -0.335 e. The highest BCUT2D eigenvalue weighted by atomic mass is 16.2. The fourth-order valence-electron chi connectivity index (χ4n) is 1.39. The zero-order chi connectivity index (χ0) is 14.2. The van der Waals surface area contributed by atoms with Crippen molar-refractivity contribution in [2.45, 2.75) is 59.9 Å². The van der Waals surface area contributed by atoms with E-state index in [1.54, 1.807) is 0 Å². The average Bonchev–Trinajstić information content (AvgIpc) is 2.13. The SMILES string of the molecule is CC(C)=CCC/C(C)=C/CNC(=O)NC(C)(C)C. The fourth-order valence-corrected chi connectivity index (χ4v) is 1.39. The summed E-state index contributed by atoms with van der Waals surface area (Å²) in [5.41, 5.74) is 2.47. The predicted molar refractivity (Wildman–Crippen MR) is 78.7 cm³/mol. The zero-order valence-electron chi connectivity index (χ0n) is 12.7. The summed E-state index contributed by atoms with van der Waals surface area (Å²) in [7, 11) is 0. The van der Waals surface area contributed by atoms with Gasteiger partial charge in [0, 0.05) is 12.1 Å². The van der Waals surface area contributed by atoms with E-state index in [-0.39, 0.29) is 11.6 Å². The molecule has 0 saturated heterocycles. The first-order chi connectivity index (χ1) is 8.20. The Bertz CT molecular complexity index is 318. The van der Waals surface area contributed by atoms with Crippen LogP contribution >= 0.6 is 0 Å². The van der Waals surface area contributed by atoms with Gasteiger partial charge in [-0.25, -0.2) is 4.79 Å². The van der Waals surface area contributed by atoms with E-state index in [1.165, 1.54) is 11.1 Å². The number of hydrogen-bond acceptors (Lipinski definition) is 1. The van der Waals surface area contributed by atoms with Crippen LogP contribution in [0.1, 0.15) is 54.4 Å². The molecule has 0 aromatic carbocycles. The van der Waals surface area contributed by atoms with E-state index in [0.717, 1.165) is 12.8 Å². The zero-order valence-corrected chi connectivity index (χ0v) is 12.7. The van der Waals surface area contributed by atoms with Gasteiger partial charge >= 0.3 is 6.03 Å². The quantitative estimate of drug-likeness (QED) is 0.718.